The quantitative estimate of drug-likeness (QED) is 0.352. The van der Waals surface area contributed by atoms with E-state index in [1.807, 2.05) is 67.5 Å². The zero-order chi connectivity index (χ0) is 23.1. The second kappa shape index (κ2) is 10.2. The zero-order valence-corrected chi connectivity index (χ0v) is 18.5. The number of carbonyl (C=O) groups excluding carboxylic acids is 2. The number of ether oxygens (including phenoxy) is 1. The molecule has 6 heteroatoms. The number of aliphatic hydroxyl groups is 1. The van der Waals surface area contributed by atoms with Crippen molar-refractivity contribution in [1.82, 2.24) is 9.88 Å². The first-order valence-corrected chi connectivity index (χ1v) is 10.4. The largest absolute Gasteiger partial charge is 0.461 e. The maximum absolute atomic E-state index is 12.5. The van der Waals surface area contributed by atoms with E-state index in [-0.39, 0.29) is 18.7 Å². The van der Waals surface area contributed by atoms with Crippen LogP contribution in [-0.4, -0.2) is 60.1 Å². The molecule has 1 heterocycles. The van der Waals surface area contributed by atoms with Crippen molar-refractivity contribution in [1.29, 1.82) is 0 Å². The Morgan fingerprint density at radius 3 is 2.69 bits per heavy atom. The van der Waals surface area contributed by atoms with Crippen molar-refractivity contribution in [2.24, 2.45) is 0 Å². The van der Waals surface area contributed by atoms with E-state index in [0.717, 1.165) is 16.3 Å². The molecule has 0 aliphatic rings. The molecule has 0 saturated carbocycles. The normalized spacial score (nSPS) is 12.7. The molecule has 164 valence electrons. The number of rotatable bonds is 7. The first-order valence-electron chi connectivity index (χ1n) is 10.4. The summed E-state index contributed by atoms with van der Waals surface area (Å²) in [7, 11) is 3.73. The van der Waals surface area contributed by atoms with Crippen LogP contribution in [0.25, 0.3) is 22.0 Å². The topological polar surface area (TPSA) is 79.7 Å². The molecule has 0 aliphatic carbocycles. The number of hydrogen-bond donors (Lipinski definition) is 1. The summed E-state index contributed by atoms with van der Waals surface area (Å²) >= 11 is 0. The van der Waals surface area contributed by atoms with Crippen molar-refractivity contribution < 1.29 is 19.4 Å². The molecule has 0 spiro atoms. The summed E-state index contributed by atoms with van der Waals surface area (Å²) in [5, 5.41) is 12.0. The van der Waals surface area contributed by atoms with Crippen LogP contribution in [0.15, 0.2) is 54.6 Å². The highest BCUT2D eigenvalue weighted by atomic mass is 16.5. The lowest BCUT2D eigenvalue weighted by Crippen LogP contribution is -2.33. The summed E-state index contributed by atoms with van der Waals surface area (Å²) in [6, 6.07) is 16.7. The zero-order valence-electron chi connectivity index (χ0n) is 18.5. The lowest BCUT2D eigenvalue weighted by Gasteiger charge is -2.17. The molecule has 1 aromatic heterocycles. The lowest BCUT2D eigenvalue weighted by atomic mass is 10.0. The third kappa shape index (κ3) is 5.58. The minimum atomic E-state index is -1.71. The van der Waals surface area contributed by atoms with Crippen LogP contribution >= 0.6 is 0 Å². The van der Waals surface area contributed by atoms with Gasteiger partial charge in [-0.15, -0.1) is 0 Å². The predicted octanol–water partition coefficient (Wildman–Crippen LogP) is 3.31. The minimum absolute atomic E-state index is 0.214. The third-order valence-corrected chi connectivity index (χ3v) is 4.93. The molecule has 0 fully saturated rings. The number of benzene rings is 2. The number of fused-ring (bicyclic) bond motifs is 1. The van der Waals surface area contributed by atoms with E-state index in [4.69, 9.17) is 4.74 Å². The molecule has 0 unspecified atom stereocenters. The van der Waals surface area contributed by atoms with E-state index < -0.39 is 11.6 Å². The highest BCUT2D eigenvalue weighted by Crippen LogP contribution is 2.26. The Hall–Kier alpha value is -3.53. The molecule has 1 N–H and O–H groups in total. The van der Waals surface area contributed by atoms with E-state index in [1.165, 1.54) is 0 Å². The minimum Gasteiger partial charge on any atom is -0.461 e. The maximum atomic E-state index is 12.5. The van der Waals surface area contributed by atoms with Gasteiger partial charge in [0.2, 0.25) is 0 Å². The Kier molecular flexibility index (Phi) is 7.37. The van der Waals surface area contributed by atoms with Crippen molar-refractivity contribution in [3.05, 3.63) is 65.9 Å². The molecule has 0 amide bonds. The molecule has 0 aliphatic heterocycles. The number of hydrogen-bond acceptors (Lipinski definition) is 6. The van der Waals surface area contributed by atoms with Gasteiger partial charge in [-0.3, -0.25) is 4.79 Å². The number of pyridine rings is 1. The van der Waals surface area contributed by atoms with E-state index in [1.54, 1.807) is 13.0 Å². The molecular weight excluding hydrogens is 404 g/mol. The van der Waals surface area contributed by atoms with Crippen LogP contribution in [0.1, 0.15) is 29.4 Å². The van der Waals surface area contributed by atoms with Gasteiger partial charge in [-0.1, -0.05) is 48.2 Å². The molecule has 32 heavy (non-hydrogen) atoms. The van der Waals surface area contributed by atoms with Crippen molar-refractivity contribution in [3.8, 4) is 23.1 Å². The van der Waals surface area contributed by atoms with Crippen LogP contribution in [0.2, 0.25) is 0 Å². The Balaban J connectivity index is 2.00. The van der Waals surface area contributed by atoms with Crippen LogP contribution in [0, 0.1) is 11.8 Å². The Morgan fingerprint density at radius 1 is 1.19 bits per heavy atom. The van der Waals surface area contributed by atoms with Crippen molar-refractivity contribution in [3.63, 3.8) is 0 Å². The van der Waals surface area contributed by atoms with Gasteiger partial charge in [0.25, 0.3) is 0 Å². The van der Waals surface area contributed by atoms with Gasteiger partial charge in [-0.2, -0.15) is 0 Å². The van der Waals surface area contributed by atoms with Gasteiger partial charge < -0.3 is 14.7 Å². The molecule has 6 nitrogen and oxygen atoms in total. The van der Waals surface area contributed by atoms with E-state index in [9.17, 15) is 14.7 Å². The van der Waals surface area contributed by atoms with E-state index in [0.29, 0.717) is 24.1 Å². The maximum Gasteiger partial charge on any atom is 0.357 e. The highest BCUT2D eigenvalue weighted by molar-refractivity contribution is 6.03. The summed E-state index contributed by atoms with van der Waals surface area (Å²) in [6.45, 7) is 2.55. The van der Waals surface area contributed by atoms with Gasteiger partial charge in [-0.25, -0.2) is 9.78 Å². The van der Waals surface area contributed by atoms with Gasteiger partial charge in [-0.05, 0) is 44.6 Å². The summed E-state index contributed by atoms with van der Waals surface area (Å²) in [5.74, 6) is 5.11. The van der Waals surface area contributed by atoms with Gasteiger partial charge in [0, 0.05) is 29.5 Å². The number of aldehydes is 1. The summed E-state index contributed by atoms with van der Waals surface area (Å²) in [4.78, 5) is 30.3. The van der Waals surface area contributed by atoms with Gasteiger partial charge in [0.05, 0.1) is 12.3 Å². The molecule has 3 aromatic rings. The standard InChI is InChI=1S/C26H26N2O4/c1-4-32-25(30)24-22-11-6-5-9-20(22)17-23(27-24)21-10-7-8-19(16-21)12-13-26(31,18-29)14-15-28(2)3/h5-11,16-18,31H,4,14-15H2,1-3H3/t26-/m0/s1. The molecule has 0 radical (unpaired) electrons. The third-order valence-electron chi connectivity index (χ3n) is 4.93. The highest BCUT2D eigenvalue weighted by Gasteiger charge is 2.23. The molecule has 0 saturated heterocycles. The van der Waals surface area contributed by atoms with Crippen molar-refractivity contribution in [2.45, 2.75) is 18.9 Å². The van der Waals surface area contributed by atoms with Crippen LogP contribution in [-0.2, 0) is 9.53 Å². The second-order valence-electron chi connectivity index (χ2n) is 7.72. The average molecular weight is 431 g/mol. The van der Waals surface area contributed by atoms with Gasteiger partial charge in [0.1, 0.15) is 0 Å². The predicted molar refractivity (Wildman–Crippen MR) is 124 cm³/mol. The number of esters is 1. The fourth-order valence-electron chi connectivity index (χ4n) is 3.18. The summed E-state index contributed by atoms with van der Waals surface area (Å²) in [5.41, 5.74) is 0.541. The summed E-state index contributed by atoms with van der Waals surface area (Å²) < 4.78 is 5.19. The fraction of sp³-hybridized carbons (Fsp3) is 0.269. The molecular formula is C26H26N2O4. The molecule has 3 rings (SSSR count). The van der Waals surface area contributed by atoms with Crippen LogP contribution in [0.5, 0.6) is 0 Å². The second-order valence-corrected chi connectivity index (χ2v) is 7.72. The average Bonchev–Trinajstić information content (AvgIpc) is 2.81. The van der Waals surface area contributed by atoms with Crippen LogP contribution < -0.4 is 0 Å². The molecule has 2 aromatic carbocycles. The Bertz CT molecular complexity index is 1190. The molecule has 1 atom stereocenters. The summed E-state index contributed by atoms with van der Waals surface area (Å²) in [6.07, 6.45) is 0.690. The monoisotopic (exact) mass is 430 g/mol. The first-order chi connectivity index (χ1) is 15.3. The van der Waals surface area contributed by atoms with E-state index in [2.05, 4.69) is 16.8 Å². The number of carbonyl (C=O) groups is 2. The van der Waals surface area contributed by atoms with Crippen molar-refractivity contribution >= 4 is 23.0 Å². The lowest BCUT2D eigenvalue weighted by molar-refractivity contribution is -0.119. The van der Waals surface area contributed by atoms with Crippen LogP contribution in [0.4, 0.5) is 0 Å². The SMILES string of the molecule is CCOC(=O)c1nc(-c2cccc(C#C[C@@](O)(C=O)CCN(C)C)c2)cc2ccccc12. The Labute approximate surface area is 187 Å². The van der Waals surface area contributed by atoms with Gasteiger partial charge >= 0.3 is 5.97 Å². The number of nitrogens with zero attached hydrogens (tertiary/aromatic N) is 2. The fourth-order valence-corrected chi connectivity index (χ4v) is 3.18. The van der Waals surface area contributed by atoms with E-state index >= 15 is 0 Å². The Morgan fingerprint density at radius 2 is 1.97 bits per heavy atom. The smallest absolute Gasteiger partial charge is 0.357 e. The van der Waals surface area contributed by atoms with Crippen LogP contribution in [0.3, 0.4) is 0 Å². The van der Waals surface area contributed by atoms with Gasteiger partial charge in [0.15, 0.2) is 17.6 Å². The molecule has 0 bridgehead atoms. The first kappa shape index (κ1) is 23.1. The van der Waals surface area contributed by atoms with Crippen molar-refractivity contribution in [2.75, 3.05) is 27.2 Å². The number of aromatic nitrogens is 1.